The molecule has 0 radical (unpaired) electrons. The van der Waals surface area contributed by atoms with Crippen LogP contribution in [0.2, 0.25) is 0 Å². The molecule has 1 saturated heterocycles. The number of ether oxygens (including phenoxy) is 1. The van der Waals surface area contributed by atoms with Crippen LogP contribution in [0.5, 0.6) is 0 Å². The zero-order valence-corrected chi connectivity index (χ0v) is 21.2. The summed E-state index contributed by atoms with van der Waals surface area (Å²) in [5.41, 5.74) is 8.75. The molecule has 2 amide bonds. The van der Waals surface area contributed by atoms with Crippen LogP contribution < -0.4 is 11.1 Å². The van der Waals surface area contributed by atoms with Gasteiger partial charge in [0.1, 0.15) is 5.69 Å². The number of hydrogen-bond donors (Lipinski definition) is 2. The molecule has 2 aliphatic rings. The number of carbonyl (C=O) groups is 2. The van der Waals surface area contributed by atoms with E-state index in [1.165, 1.54) is 24.2 Å². The van der Waals surface area contributed by atoms with Gasteiger partial charge >= 0.3 is 6.03 Å². The van der Waals surface area contributed by atoms with E-state index in [4.69, 9.17) is 10.5 Å². The van der Waals surface area contributed by atoms with Gasteiger partial charge in [-0.05, 0) is 54.8 Å². The van der Waals surface area contributed by atoms with Crippen molar-refractivity contribution in [3.05, 3.63) is 45.9 Å². The molecule has 1 aliphatic heterocycles. The molecule has 3 N–H and O–H groups in total. The number of ketones is 1. The molecule has 1 aliphatic carbocycles. The van der Waals surface area contributed by atoms with Crippen molar-refractivity contribution in [2.24, 2.45) is 0 Å². The minimum absolute atomic E-state index is 0.00337. The molecule has 2 aromatic rings. The number of morpholine rings is 1. The third-order valence-electron chi connectivity index (χ3n) is 6.84. The van der Waals surface area contributed by atoms with E-state index in [0.717, 1.165) is 69.7 Å². The number of pyridine rings is 1. The molecule has 190 valence electrons. The van der Waals surface area contributed by atoms with Crippen LogP contribution in [0.15, 0.2) is 29.1 Å². The van der Waals surface area contributed by atoms with Gasteiger partial charge in [-0.25, -0.2) is 4.79 Å². The van der Waals surface area contributed by atoms with Crippen molar-refractivity contribution >= 4 is 28.8 Å². The molecule has 9 heteroatoms. The largest absolute Gasteiger partial charge is 0.398 e. The highest BCUT2D eigenvalue weighted by Crippen LogP contribution is 2.20. The van der Waals surface area contributed by atoms with Crippen molar-refractivity contribution in [1.82, 2.24) is 20.1 Å². The highest BCUT2D eigenvalue weighted by Gasteiger charge is 2.21. The summed E-state index contributed by atoms with van der Waals surface area (Å²) in [4.78, 5) is 34.4. The van der Waals surface area contributed by atoms with Gasteiger partial charge in [0.05, 0.1) is 13.2 Å². The summed E-state index contributed by atoms with van der Waals surface area (Å²) < 4.78 is 5.42. The predicted molar refractivity (Wildman–Crippen MR) is 139 cm³/mol. The number of amides is 2. The van der Waals surface area contributed by atoms with Gasteiger partial charge in [0.25, 0.3) is 0 Å². The minimum Gasteiger partial charge on any atom is -0.398 e. The summed E-state index contributed by atoms with van der Waals surface area (Å²) >= 11 is 1.49. The first kappa shape index (κ1) is 25.6. The maximum Gasteiger partial charge on any atom is 0.317 e. The van der Waals surface area contributed by atoms with Crippen LogP contribution in [-0.2, 0) is 17.7 Å². The Labute approximate surface area is 211 Å². The lowest BCUT2D eigenvalue weighted by molar-refractivity contribution is 0.0369. The van der Waals surface area contributed by atoms with Gasteiger partial charge in [-0.15, -0.1) is 11.3 Å². The molecule has 0 spiro atoms. The van der Waals surface area contributed by atoms with E-state index in [-0.39, 0.29) is 24.3 Å². The first-order chi connectivity index (χ1) is 17.1. The molecule has 2 aromatic heterocycles. The van der Waals surface area contributed by atoms with Crippen molar-refractivity contribution in [3.63, 3.8) is 0 Å². The number of nitrogens with two attached hydrogens (primary N) is 1. The number of urea groups is 1. The van der Waals surface area contributed by atoms with Crippen LogP contribution in [0.1, 0.15) is 60.1 Å². The Bertz CT molecular complexity index is 952. The van der Waals surface area contributed by atoms with E-state index in [2.05, 4.69) is 15.2 Å². The van der Waals surface area contributed by atoms with E-state index in [1.807, 2.05) is 21.7 Å². The fourth-order valence-corrected chi connectivity index (χ4v) is 5.44. The van der Waals surface area contributed by atoms with Gasteiger partial charge in [-0.3, -0.25) is 14.7 Å². The van der Waals surface area contributed by atoms with Crippen LogP contribution in [0.25, 0.3) is 0 Å². The molecule has 4 rings (SSSR count). The van der Waals surface area contributed by atoms with E-state index in [1.54, 1.807) is 12.3 Å². The molecule has 0 aromatic carbocycles. The number of rotatable bonds is 11. The monoisotopic (exact) mass is 499 g/mol. The fourth-order valence-electron chi connectivity index (χ4n) is 4.70. The smallest absolute Gasteiger partial charge is 0.317 e. The highest BCUT2D eigenvalue weighted by atomic mass is 32.1. The second kappa shape index (κ2) is 13.0. The highest BCUT2D eigenvalue weighted by molar-refractivity contribution is 7.08. The summed E-state index contributed by atoms with van der Waals surface area (Å²) in [5, 5.41) is 6.97. The first-order valence-corrected chi connectivity index (χ1v) is 13.7. The first-order valence-electron chi connectivity index (χ1n) is 12.7. The average molecular weight is 500 g/mol. The molecule has 35 heavy (non-hydrogen) atoms. The molecule has 0 atom stereocenters. The van der Waals surface area contributed by atoms with Crippen LogP contribution in [-0.4, -0.2) is 72.0 Å². The summed E-state index contributed by atoms with van der Waals surface area (Å²) in [6.07, 6.45) is 8.44. The van der Waals surface area contributed by atoms with E-state index >= 15 is 0 Å². The minimum atomic E-state index is -0.0550. The van der Waals surface area contributed by atoms with Gasteiger partial charge in [-0.2, -0.15) is 0 Å². The Morgan fingerprint density at radius 2 is 1.97 bits per heavy atom. The molecule has 1 saturated carbocycles. The van der Waals surface area contributed by atoms with Crippen LogP contribution >= 0.6 is 11.3 Å². The van der Waals surface area contributed by atoms with Crippen LogP contribution in [0.3, 0.4) is 0 Å². The number of Topliss-reactive ketones (excluding diaryl/α,β-unsaturated/α-hetero) is 1. The molecule has 8 nitrogen and oxygen atoms in total. The third kappa shape index (κ3) is 7.75. The lowest BCUT2D eigenvalue weighted by Gasteiger charge is -2.28. The van der Waals surface area contributed by atoms with Crippen LogP contribution in [0, 0.1) is 0 Å². The Balaban J connectivity index is 1.32. The lowest BCUT2D eigenvalue weighted by atomic mass is 10.1. The summed E-state index contributed by atoms with van der Waals surface area (Å²) in [6.45, 7) is 5.80. The topological polar surface area (TPSA) is 101 Å². The number of aromatic nitrogens is 1. The zero-order valence-electron chi connectivity index (χ0n) is 20.4. The Hall–Kier alpha value is -2.49. The SMILES string of the molecule is Nc1cscc1CC(=O)c1ccc(CN(CCCCN2CCOCC2)C(=O)NC2CCCC2)cn1. The summed E-state index contributed by atoms with van der Waals surface area (Å²) in [7, 11) is 0. The van der Waals surface area contributed by atoms with Gasteiger partial charge < -0.3 is 20.7 Å². The molecular weight excluding hydrogens is 462 g/mol. The van der Waals surface area contributed by atoms with Gasteiger partial charge in [0, 0.05) is 55.9 Å². The maximum atomic E-state index is 13.1. The molecule has 0 unspecified atom stereocenters. The Morgan fingerprint density at radius 3 is 2.66 bits per heavy atom. The van der Waals surface area contributed by atoms with Crippen molar-refractivity contribution in [3.8, 4) is 0 Å². The molecule has 2 fully saturated rings. The van der Waals surface area contributed by atoms with Gasteiger partial charge in [0.2, 0.25) is 0 Å². The maximum absolute atomic E-state index is 13.1. The van der Waals surface area contributed by atoms with Gasteiger partial charge in [-0.1, -0.05) is 18.9 Å². The van der Waals surface area contributed by atoms with Crippen LogP contribution in [0.4, 0.5) is 10.5 Å². The molecular formula is C26H37N5O3S. The number of nitrogen functional groups attached to an aromatic ring is 1. The quantitative estimate of drug-likeness (QED) is 0.361. The Kier molecular flexibility index (Phi) is 9.50. The van der Waals surface area contributed by atoms with Gasteiger partial charge in [0.15, 0.2) is 5.78 Å². The fraction of sp³-hybridized carbons (Fsp3) is 0.577. The Morgan fingerprint density at radius 1 is 1.17 bits per heavy atom. The number of hydrogen-bond acceptors (Lipinski definition) is 7. The average Bonchev–Trinajstić information content (AvgIpc) is 3.53. The number of unbranched alkanes of at least 4 members (excludes halogenated alkanes) is 1. The standard InChI is InChI=1S/C26H37N5O3S/c27-23-19-35-18-21(23)15-25(32)24-8-7-20(16-28-24)17-31(26(33)29-22-5-1-2-6-22)10-4-3-9-30-11-13-34-14-12-30/h7-8,16,18-19,22H,1-6,9-15,17,27H2,(H,29,33). The van der Waals surface area contributed by atoms with E-state index in [9.17, 15) is 9.59 Å². The van der Waals surface area contributed by atoms with E-state index in [0.29, 0.717) is 24.5 Å². The van der Waals surface area contributed by atoms with E-state index < -0.39 is 0 Å². The van der Waals surface area contributed by atoms with Crippen molar-refractivity contribution in [2.45, 2.75) is 57.5 Å². The lowest BCUT2D eigenvalue weighted by Crippen LogP contribution is -2.44. The number of carbonyl (C=O) groups excluding carboxylic acids is 2. The number of nitrogens with one attached hydrogen (secondary N) is 1. The second-order valence-electron chi connectivity index (χ2n) is 9.52. The predicted octanol–water partition coefficient (Wildman–Crippen LogP) is 3.72. The molecule has 3 heterocycles. The number of thiophene rings is 1. The van der Waals surface area contributed by atoms with Crippen molar-refractivity contribution < 1.29 is 14.3 Å². The number of nitrogens with zero attached hydrogens (tertiary/aromatic N) is 3. The second-order valence-corrected chi connectivity index (χ2v) is 10.3. The normalized spacial score (nSPS) is 16.9. The summed E-state index contributed by atoms with van der Waals surface area (Å²) in [5.74, 6) is -0.0550. The van der Waals surface area contributed by atoms with Crippen molar-refractivity contribution in [2.75, 3.05) is 45.1 Å². The third-order valence-corrected chi connectivity index (χ3v) is 7.65. The number of anilines is 1. The zero-order chi connectivity index (χ0) is 24.5. The van der Waals surface area contributed by atoms with Crippen molar-refractivity contribution in [1.29, 1.82) is 0 Å². The molecule has 0 bridgehead atoms. The summed E-state index contributed by atoms with van der Waals surface area (Å²) in [6, 6.07) is 3.93.